The minimum atomic E-state index is -1.53. The normalized spacial score (nSPS) is 11.9. The van der Waals surface area contributed by atoms with Crippen LogP contribution in [0.1, 0.15) is 25.0 Å². The summed E-state index contributed by atoms with van der Waals surface area (Å²) in [6.45, 7) is 4.22. The van der Waals surface area contributed by atoms with Gasteiger partial charge < -0.3 is 5.11 Å². The van der Waals surface area contributed by atoms with Crippen LogP contribution >= 0.6 is 15.9 Å². The molecule has 1 nitrogen and oxygen atoms in total. The predicted octanol–water partition coefficient (Wildman–Crippen LogP) is 3.26. The summed E-state index contributed by atoms with van der Waals surface area (Å²) in [6.07, 6.45) is 0. The molecule has 1 N–H and O–H groups in total. The molecule has 14 heavy (non-hydrogen) atoms. The highest BCUT2D eigenvalue weighted by Crippen LogP contribution is 2.32. The van der Waals surface area contributed by atoms with Crippen molar-refractivity contribution < 1.29 is 13.9 Å². The topological polar surface area (TPSA) is 20.2 Å². The maximum absolute atomic E-state index is 13.5. The second kappa shape index (κ2) is 3.59. The smallest absolute Gasteiger partial charge is 0.146 e. The molecule has 0 saturated heterocycles. The molecule has 1 rings (SSSR count). The highest BCUT2D eigenvalue weighted by atomic mass is 79.9. The van der Waals surface area contributed by atoms with Gasteiger partial charge in [0.2, 0.25) is 0 Å². The van der Waals surface area contributed by atoms with Crippen LogP contribution in [-0.4, -0.2) is 5.11 Å². The summed E-state index contributed by atoms with van der Waals surface area (Å²) in [4.78, 5) is 0. The van der Waals surface area contributed by atoms with Gasteiger partial charge in [-0.1, -0.05) is 0 Å². The van der Waals surface area contributed by atoms with E-state index in [1.54, 1.807) is 0 Å². The molecule has 0 unspecified atom stereocenters. The molecular formula is C10H11BrF2O. The number of aliphatic hydroxyl groups is 1. The lowest BCUT2D eigenvalue weighted by Gasteiger charge is -2.20. The first-order valence-corrected chi connectivity index (χ1v) is 4.91. The molecule has 0 radical (unpaired) electrons. The number of hydrogen-bond acceptors (Lipinski definition) is 1. The first kappa shape index (κ1) is 11.6. The Morgan fingerprint density at radius 1 is 1.29 bits per heavy atom. The molecule has 0 heterocycles. The molecule has 0 fully saturated rings. The van der Waals surface area contributed by atoms with Crippen molar-refractivity contribution in [2.24, 2.45) is 0 Å². The molecule has 0 aliphatic heterocycles. The summed E-state index contributed by atoms with van der Waals surface area (Å²) in [5.41, 5.74) is -1.53. The molecule has 0 spiro atoms. The molecule has 0 aromatic heterocycles. The Morgan fingerprint density at radius 2 is 1.79 bits per heavy atom. The van der Waals surface area contributed by atoms with Gasteiger partial charge in [-0.25, -0.2) is 8.78 Å². The first-order chi connectivity index (χ1) is 6.25. The Hall–Kier alpha value is -0.480. The highest BCUT2D eigenvalue weighted by Gasteiger charge is 2.27. The Balaban J connectivity index is 3.56. The number of aryl methyl sites for hydroxylation is 1. The van der Waals surface area contributed by atoms with Crippen molar-refractivity contribution >= 4 is 15.9 Å². The summed E-state index contributed by atoms with van der Waals surface area (Å²) in [6, 6.07) is 1.35. The largest absolute Gasteiger partial charge is 0.386 e. The van der Waals surface area contributed by atoms with Crippen molar-refractivity contribution in [3.05, 3.63) is 33.3 Å². The molecular weight excluding hydrogens is 254 g/mol. The molecule has 1 aromatic carbocycles. The quantitative estimate of drug-likeness (QED) is 0.773. The van der Waals surface area contributed by atoms with E-state index in [1.165, 1.54) is 26.8 Å². The van der Waals surface area contributed by atoms with E-state index < -0.39 is 17.2 Å². The minimum Gasteiger partial charge on any atom is -0.386 e. The van der Waals surface area contributed by atoms with Crippen molar-refractivity contribution in [3.8, 4) is 0 Å². The van der Waals surface area contributed by atoms with Crippen LogP contribution < -0.4 is 0 Å². The molecule has 0 amide bonds. The predicted molar refractivity (Wildman–Crippen MR) is 54.0 cm³/mol. The molecule has 0 saturated carbocycles. The van der Waals surface area contributed by atoms with Crippen molar-refractivity contribution in [1.82, 2.24) is 0 Å². The van der Waals surface area contributed by atoms with E-state index in [9.17, 15) is 13.9 Å². The summed E-state index contributed by atoms with van der Waals surface area (Å²) >= 11 is 2.97. The average Bonchev–Trinajstić information content (AvgIpc) is 1.98. The van der Waals surface area contributed by atoms with Crippen molar-refractivity contribution in [2.75, 3.05) is 0 Å². The maximum Gasteiger partial charge on any atom is 0.146 e. The van der Waals surface area contributed by atoms with Crippen LogP contribution in [0.3, 0.4) is 0 Å². The fourth-order valence-corrected chi connectivity index (χ4v) is 1.81. The fourth-order valence-electron chi connectivity index (χ4n) is 1.27. The third-order valence-electron chi connectivity index (χ3n) is 1.95. The second-order valence-electron chi connectivity index (χ2n) is 3.74. The van der Waals surface area contributed by atoms with Gasteiger partial charge in [0.05, 0.1) is 15.6 Å². The van der Waals surface area contributed by atoms with Gasteiger partial charge in [0.25, 0.3) is 0 Å². The van der Waals surface area contributed by atoms with Gasteiger partial charge in [0, 0.05) is 0 Å². The van der Waals surface area contributed by atoms with Gasteiger partial charge >= 0.3 is 0 Å². The SMILES string of the molecule is Cc1cc(Br)c(F)c(C(C)(C)O)c1F. The minimum absolute atomic E-state index is 0.161. The summed E-state index contributed by atoms with van der Waals surface area (Å²) < 4.78 is 27.2. The van der Waals surface area contributed by atoms with Crippen molar-refractivity contribution in [2.45, 2.75) is 26.4 Å². The van der Waals surface area contributed by atoms with Crippen LogP contribution in [0.2, 0.25) is 0 Å². The lowest BCUT2D eigenvalue weighted by Crippen LogP contribution is -2.20. The van der Waals surface area contributed by atoms with E-state index in [0.717, 1.165) is 0 Å². The molecule has 0 aliphatic rings. The van der Waals surface area contributed by atoms with Gasteiger partial charge in [-0.3, -0.25) is 0 Å². The lowest BCUT2D eigenvalue weighted by molar-refractivity contribution is 0.0699. The maximum atomic E-state index is 13.5. The van der Waals surface area contributed by atoms with E-state index in [2.05, 4.69) is 15.9 Å². The van der Waals surface area contributed by atoms with Gasteiger partial charge in [0.15, 0.2) is 0 Å². The Kier molecular flexibility index (Phi) is 2.97. The van der Waals surface area contributed by atoms with Crippen LogP contribution in [0.25, 0.3) is 0 Å². The van der Waals surface area contributed by atoms with Gasteiger partial charge in [-0.05, 0) is 48.3 Å². The van der Waals surface area contributed by atoms with Crippen LogP contribution in [0.4, 0.5) is 8.78 Å². The molecule has 1 aromatic rings. The van der Waals surface area contributed by atoms with E-state index in [-0.39, 0.29) is 10.0 Å². The molecule has 4 heteroatoms. The average molecular weight is 265 g/mol. The van der Waals surface area contributed by atoms with Gasteiger partial charge in [-0.2, -0.15) is 0 Å². The third kappa shape index (κ3) is 1.96. The molecule has 78 valence electrons. The zero-order valence-corrected chi connectivity index (χ0v) is 9.74. The lowest BCUT2D eigenvalue weighted by atomic mass is 9.95. The number of rotatable bonds is 1. The Morgan fingerprint density at radius 3 is 2.21 bits per heavy atom. The monoisotopic (exact) mass is 264 g/mol. The van der Waals surface area contributed by atoms with Gasteiger partial charge in [0.1, 0.15) is 11.6 Å². The molecule has 0 atom stereocenters. The number of benzene rings is 1. The molecule has 0 aliphatic carbocycles. The highest BCUT2D eigenvalue weighted by molar-refractivity contribution is 9.10. The van der Waals surface area contributed by atoms with Gasteiger partial charge in [-0.15, -0.1) is 0 Å². The first-order valence-electron chi connectivity index (χ1n) is 4.12. The standard InChI is InChI=1S/C10H11BrF2O/c1-5-4-6(11)9(13)7(8(5)12)10(2,3)14/h4,14H,1-3H3. The molecule has 0 bridgehead atoms. The summed E-state index contributed by atoms with van der Waals surface area (Å²) in [7, 11) is 0. The van der Waals surface area contributed by atoms with E-state index >= 15 is 0 Å². The van der Waals surface area contributed by atoms with Crippen molar-refractivity contribution in [3.63, 3.8) is 0 Å². The Labute approximate surface area is 89.9 Å². The zero-order valence-electron chi connectivity index (χ0n) is 8.16. The van der Waals surface area contributed by atoms with Crippen LogP contribution in [0.5, 0.6) is 0 Å². The second-order valence-corrected chi connectivity index (χ2v) is 4.59. The van der Waals surface area contributed by atoms with Crippen molar-refractivity contribution in [1.29, 1.82) is 0 Å². The van der Waals surface area contributed by atoms with E-state index in [0.29, 0.717) is 5.56 Å². The Bertz CT molecular complexity index is 343. The summed E-state index contributed by atoms with van der Waals surface area (Å²) in [5.74, 6) is -1.45. The van der Waals surface area contributed by atoms with Crippen LogP contribution in [0, 0.1) is 18.6 Å². The number of hydrogen-bond donors (Lipinski definition) is 1. The zero-order chi connectivity index (χ0) is 11.1. The third-order valence-corrected chi connectivity index (χ3v) is 2.53. The fraction of sp³-hybridized carbons (Fsp3) is 0.400. The van der Waals surface area contributed by atoms with Crippen LogP contribution in [-0.2, 0) is 5.60 Å². The number of halogens is 3. The van der Waals surface area contributed by atoms with E-state index in [4.69, 9.17) is 0 Å². The van der Waals surface area contributed by atoms with E-state index in [1.807, 2.05) is 0 Å². The summed E-state index contributed by atoms with van der Waals surface area (Å²) in [5, 5.41) is 9.60. The van der Waals surface area contributed by atoms with Crippen LogP contribution in [0.15, 0.2) is 10.5 Å².